The topological polar surface area (TPSA) is 37.3 Å². The molecule has 0 unspecified atom stereocenters. The molecule has 0 bridgehead atoms. The standard InChI is InChI=1S/C10H12O2.Li/c1-2-8-5-3-4-6-9(8)7-10(11)12;/h3-6H,2,7H2,1H3,(H,11,12);. The molecule has 1 aromatic rings. The Bertz CT molecular complexity index is 284. The number of carboxylic acids is 1. The summed E-state index contributed by atoms with van der Waals surface area (Å²) in [7, 11) is 0. The molecule has 0 aliphatic rings. The van der Waals surface area contributed by atoms with E-state index in [1.54, 1.807) is 0 Å². The van der Waals surface area contributed by atoms with Crippen molar-refractivity contribution in [2.45, 2.75) is 19.8 Å². The van der Waals surface area contributed by atoms with Crippen molar-refractivity contribution in [2.75, 3.05) is 0 Å². The smallest absolute Gasteiger partial charge is 0.307 e. The summed E-state index contributed by atoms with van der Waals surface area (Å²) < 4.78 is 0. The largest absolute Gasteiger partial charge is 0.481 e. The first kappa shape index (κ1) is 12.3. The maximum absolute atomic E-state index is 10.4. The van der Waals surface area contributed by atoms with Crippen LogP contribution in [0.1, 0.15) is 18.1 Å². The van der Waals surface area contributed by atoms with Crippen LogP contribution in [0.15, 0.2) is 24.3 Å². The van der Waals surface area contributed by atoms with Gasteiger partial charge in [0.1, 0.15) is 0 Å². The Labute approximate surface area is 90.1 Å². The normalized spacial score (nSPS) is 9.00. The minimum absolute atomic E-state index is 0. The van der Waals surface area contributed by atoms with Gasteiger partial charge in [0.25, 0.3) is 0 Å². The van der Waals surface area contributed by atoms with Gasteiger partial charge in [-0.2, -0.15) is 0 Å². The summed E-state index contributed by atoms with van der Waals surface area (Å²) in [5.74, 6) is -0.768. The number of aliphatic carboxylic acids is 1. The van der Waals surface area contributed by atoms with Gasteiger partial charge in [-0.25, -0.2) is 0 Å². The summed E-state index contributed by atoms with van der Waals surface area (Å²) in [5.41, 5.74) is 2.05. The molecule has 0 saturated carbocycles. The van der Waals surface area contributed by atoms with E-state index in [4.69, 9.17) is 5.11 Å². The molecule has 0 heterocycles. The predicted octanol–water partition coefficient (Wildman–Crippen LogP) is 1.50. The molecule has 3 heteroatoms. The van der Waals surface area contributed by atoms with Crippen LogP contribution in [0.5, 0.6) is 0 Å². The first-order valence-electron chi connectivity index (χ1n) is 4.02. The fraction of sp³-hybridized carbons (Fsp3) is 0.300. The van der Waals surface area contributed by atoms with Crippen molar-refractivity contribution >= 4 is 24.8 Å². The summed E-state index contributed by atoms with van der Waals surface area (Å²) in [6.45, 7) is 2.03. The molecule has 0 aromatic heterocycles. The minimum Gasteiger partial charge on any atom is -0.481 e. The first-order valence-corrected chi connectivity index (χ1v) is 4.02. The number of carboxylic acid groups (broad SMARTS) is 1. The molecule has 1 rings (SSSR count). The van der Waals surface area contributed by atoms with Crippen LogP contribution in [0.3, 0.4) is 0 Å². The van der Waals surface area contributed by atoms with Crippen LogP contribution >= 0.6 is 0 Å². The molecule has 1 radical (unpaired) electrons. The van der Waals surface area contributed by atoms with Gasteiger partial charge in [-0.3, -0.25) is 4.79 Å². The fourth-order valence-corrected chi connectivity index (χ4v) is 1.24. The Morgan fingerprint density at radius 1 is 1.31 bits per heavy atom. The van der Waals surface area contributed by atoms with E-state index >= 15 is 0 Å². The van der Waals surface area contributed by atoms with Crippen molar-refractivity contribution in [3.63, 3.8) is 0 Å². The van der Waals surface area contributed by atoms with E-state index in [9.17, 15) is 4.79 Å². The Balaban J connectivity index is 0.00000144. The zero-order chi connectivity index (χ0) is 8.97. The number of benzene rings is 1. The second-order valence-electron chi connectivity index (χ2n) is 2.69. The number of hydrogen-bond acceptors (Lipinski definition) is 1. The molecule has 0 aliphatic carbocycles. The third-order valence-corrected chi connectivity index (χ3v) is 1.84. The number of hydrogen-bond donors (Lipinski definition) is 1. The Kier molecular flexibility index (Phi) is 5.53. The van der Waals surface area contributed by atoms with Crippen molar-refractivity contribution in [2.24, 2.45) is 0 Å². The third-order valence-electron chi connectivity index (χ3n) is 1.84. The van der Waals surface area contributed by atoms with Gasteiger partial charge in [-0.05, 0) is 17.5 Å². The molecule has 2 nitrogen and oxygen atoms in total. The Morgan fingerprint density at radius 3 is 2.31 bits per heavy atom. The first-order chi connectivity index (χ1) is 5.74. The van der Waals surface area contributed by atoms with Crippen molar-refractivity contribution in [1.82, 2.24) is 0 Å². The van der Waals surface area contributed by atoms with Crippen LogP contribution < -0.4 is 0 Å². The van der Waals surface area contributed by atoms with Crippen LogP contribution in [-0.4, -0.2) is 29.9 Å². The molecule has 1 N–H and O–H groups in total. The van der Waals surface area contributed by atoms with E-state index in [0.29, 0.717) is 0 Å². The zero-order valence-electron chi connectivity index (χ0n) is 8.08. The van der Waals surface area contributed by atoms with Gasteiger partial charge in [0, 0.05) is 18.9 Å². The van der Waals surface area contributed by atoms with Gasteiger partial charge in [0.15, 0.2) is 0 Å². The number of aryl methyl sites for hydroxylation is 1. The van der Waals surface area contributed by atoms with E-state index in [-0.39, 0.29) is 25.3 Å². The summed E-state index contributed by atoms with van der Waals surface area (Å²) in [4.78, 5) is 10.4. The van der Waals surface area contributed by atoms with Gasteiger partial charge in [-0.15, -0.1) is 0 Å². The molecule has 0 spiro atoms. The van der Waals surface area contributed by atoms with E-state index in [2.05, 4.69) is 0 Å². The van der Waals surface area contributed by atoms with Gasteiger partial charge in [0.05, 0.1) is 6.42 Å². The number of carbonyl (C=O) groups is 1. The van der Waals surface area contributed by atoms with Gasteiger partial charge in [-0.1, -0.05) is 31.2 Å². The van der Waals surface area contributed by atoms with Crippen molar-refractivity contribution in [3.8, 4) is 0 Å². The molecular formula is C10H12LiO2. The fourth-order valence-electron chi connectivity index (χ4n) is 1.24. The van der Waals surface area contributed by atoms with Crippen LogP contribution in [-0.2, 0) is 17.6 Å². The van der Waals surface area contributed by atoms with Gasteiger partial charge < -0.3 is 5.11 Å². The Hall–Kier alpha value is -0.713. The summed E-state index contributed by atoms with van der Waals surface area (Å²) in [6.07, 6.45) is 1.02. The van der Waals surface area contributed by atoms with Crippen molar-refractivity contribution < 1.29 is 9.90 Å². The third kappa shape index (κ3) is 3.67. The van der Waals surface area contributed by atoms with Crippen LogP contribution in [0, 0.1) is 0 Å². The van der Waals surface area contributed by atoms with Crippen LogP contribution in [0.4, 0.5) is 0 Å². The molecule has 0 fully saturated rings. The monoisotopic (exact) mass is 171 g/mol. The van der Waals surface area contributed by atoms with Gasteiger partial charge >= 0.3 is 5.97 Å². The average molecular weight is 171 g/mol. The molecule has 0 amide bonds. The molecule has 0 atom stereocenters. The number of rotatable bonds is 3. The molecule has 1 aromatic carbocycles. The van der Waals surface area contributed by atoms with Gasteiger partial charge in [0.2, 0.25) is 0 Å². The SMILES string of the molecule is CCc1ccccc1CC(=O)O.[Li]. The molecule has 13 heavy (non-hydrogen) atoms. The van der Waals surface area contributed by atoms with E-state index in [0.717, 1.165) is 17.5 Å². The van der Waals surface area contributed by atoms with Crippen molar-refractivity contribution in [3.05, 3.63) is 35.4 Å². The minimum atomic E-state index is -0.768. The summed E-state index contributed by atoms with van der Waals surface area (Å²) in [6, 6.07) is 7.65. The van der Waals surface area contributed by atoms with E-state index in [1.807, 2.05) is 31.2 Å². The predicted molar refractivity (Wildman–Crippen MR) is 52.9 cm³/mol. The summed E-state index contributed by atoms with van der Waals surface area (Å²) >= 11 is 0. The zero-order valence-corrected chi connectivity index (χ0v) is 8.08. The summed E-state index contributed by atoms with van der Waals surface area (Å²) in [5, 5.41) is 8.59. The second kappa shape index (κ2) is 5.85. The van der Waals surface area contributed by atoms with Crippen molar-refractivity contribution in [1.29, 1.82) is 0 Å². The maximum Gasteiger partial charge on any atom is 0.307 e. The molecular weight excluding hydrogens is 159 g/mol. The van der Waals surface area contributed by atoms with Crippen LogP contribution in [0.25, 0.3) is 0 Å². The average Bonchev–Trinajstić information content (AvgIpc) is 2.04. The van der Waals surface area contributed by atoms with E-state index < -0.39 is 5.97 Å². The maximum atomic E-state index is 10.4. The van der Waals surface area contributed by atoms with E-state index in [1.165, 1.54) is 0 Å². The Morgan fingerprint density at radius 2 is 1.85 bits per heavy atom. The van der Waals surface area contributed by atoms with Crippen LogP contribution in [0.2, 0.25) is 0 Å². The quantitative estimate of drug-likeness (QED) is 0.699. The molecule has 0 aliphatic heterocycles. The molecule has 0 saturated heterocycles. The second-order valence-corrected chi connectivity index (χ2v) is 2.69. The molecule has 65 valence electrons.